The van der Waals surface area contributed by atoms with Gasteiger partial charge in [-0.2, -0.15) is 30.6 Å². The van der Waals surface area contributed by atoms with Crippen LogP contribution in [0.15, 0.2) is 23.8 Å². The van der Waals surface area contributed by atoms with Gasteiger partial charge in [0.1, 0.15) is 6.54 Å². The second kappa shape index (κ2) is 8.14. The Morgan fingerprint density at radius 1 is 1.25 bits per heavy atom. The first kappa shape index (κ1) is 23.3. The van der Waals surface area contributed by atoms with Crippen LogP contribution in [0.1, 0.15) is 43.4 Å². The standard InChI is InChI=1S/C22H27F3N2O4S/c1-3-31-20(28)14(2)8-15-4-5-16-10-18-6-7-19(11-17(16)9-15)21(18)12-27(13-22(23,24)25)32(29,30)26-21/h4-5,8-9,18-19,26H,3,6-7,10-13H2,1-2H3/b14-8+/t18-,19+,21-/m0/s1. The summed E-state index contributed by atoms with van der Waals surface area (Å²) in [6.07, 6.45) is -0.126. The maximum absolute atomic E-state index is 13.0. The number of carbonyl (C=O) groups is 1. The maximum Gasteiger partial charge on any atom is 0.402 e. The van der Waals surface area contributed by atoms with Crippen LogP contribution in [-0.2, 0) is 32.6 Å². The molecule has 1 N–H and O–H groups in total. The molecule has 10 heteroatoms. The van der Waals surface area contributed by atoms with Gasteiger partial charge in [0.15, 0.2) is 0 Å². The molecule has 3 atom stereocenters. The highest BCUT2D eigenvalue weighted by Crippen LogP contribution is 2.50. The minimum atomic E-state index is -4.59. The molecule has 0 amide bonds. The summed E-state index contributed by atoms with van der Waals surface area (Å²) < 4.78 is 72.3. The lowest BCUT2D eigenvalue weighted by Crippen LogP contribution is -2.52. The van der Waals surface area contributed by atoms with E-state index in [9.17, 15) is 26.4 Å². The first-order valence-electron chi connectivity index (χ1n) is 10.8. The third-order valence-electron chi connectivity index (χ3n) is 6.92. The summed E-state index contributed by atoms with van der Waals surface area (Å²) in [7, 11) is -4.19. The third kappa shape index (κ3) is 4.32. The number of halogens is 3. The number of hydrogen-bond donors (Lipinski definition) is 1. The molecule has 1 spiro atoms. The fourth-order valence-corrected chi connectivity index (χ4v) is 7.22. The van der Waals surface area contributed by atoms with Crippen molar-refractivity contribution in [3.63, 3.8) is 0 Å². The van der Waals surface area contributed by atoms with Crippen molar-refractivity contribution in [2.24, 2.45) is 11.8 Å². The summed E-state index contributed by atoms with van der Waals surface area (Å²) in [5.41, 5.74) is 2.56. The Balaban J connectivity index is 1.62. The van der Waals surface area contributed by atoms with E-state index in [-0.39, 0.29) is 24.3 Å². The smallest absolute Gasteiger partial charge is 0.402 e. The maximum atomic E-state index is 13.0. The van der Waals surface area contributed by atoms with E-state index in [0.717, 1.165) is 29.5 Å². The zero-order valence-corrected chi connectivity index (χ0v) is 18.9. The number of carbonyl (C=O) groups excluding carboxylic acids is 1. The highest BCUT2D eigenvalue weighted by molar-refractivity contribution is 7.87. The van der Waals surface area contributed by atoms with Crippen LogP contribution < -0.4 is 4.72 Å². The molecule has 176 valence electrons. The van der Waals surface area contributed by atoms with Crippen LogP contribution in [0.25, 0.3) is 6.08 Å². The van der Waals surface area contributed by atoms with E-state index in [1.165, 1.54) is 0 Å². The molecular formula is C22H27F3N2O4S. The molecule has 2 fully saturated rings. The fourth-order valence-electron chi connectivity index (χ4n) is 5.51. The van der Waals surface area contributed by atoms with Crippen molar-refractivity contribution in [3.05, 3.63) is 40.5 Å². The fraction of sp³-hybridized carbons (Fsp3) is 0.591. The average molecular weight is 473 g/mol. The Bertz CT molecular complexity index is 1050. The average Bonchev–Trinajstić information content (AvgIpc) is 3.06. The van der Waals surface area contributed by atoms with Crippen LogP contribution in [-0.4, -0.2) is 50.1 Å². The van der Waals surface area contributed by atoms with Gasteiger partial charge in [-0.1, -0.05) is 18.2 Å². The van der Waals surface area contributed by atoms with Gasteiger partial charge in [-0.3, -0.25) is 0 Å². The van der Waals surface area contributed by atoms with Crippen molar-refractivity contribution < 1.29 is 31.1 Å². The molecule has 3 aliphatic rings. The first-order valence-corrected chi connectivity index (χ1v) is 12.2. The van der Waals surface area contributed by atoms with E-state index in [2.05, 4.69) is 4.72 Å². The van der Waals surface area contributed by atoms with E-state index in [4.69, 9.17) is 4.74 Å². The Labute approximate surface area is 186 Å². The summed E-state index contributed by atoms with van der Waals surface area (Å²) in [5, 5.41) is 0. The van der Waals surface area contributed by atoms with Gasteiger partial charge in [-0.15, -0.1) is 0 Å². The predicted molar refractivity (Wildman–Crippen MR) is 113 cm³/mol. The molecule has 1 saturated carbocycles. The molecule has 2 aliphatic carbocycles. The van der Waals surface area contributed by atoms with Gasteiger partial charge in [0.25, 0.3) is 10.2 Å². The second-order valence-electron chi connectivity index (χ2n) is 8.99. The minimum Gasteiger partial charge on any atom is -0.463 e. The molecule has 2 bridgehead atoms. The number of ether oxygens (including phenoxy) is 1. The van der Waals surface area contributed by atoms with E-state index in [1.807, 2.05) is 18.2 Å². The third-order valence-corrected chi connectivity index (χ3v) is 8.49. The SMILES string of the molecule is CCOC(=O)/C(C)=C/c1ccc2c(c1)C[C@H]1CC[C@@H](C2)[C@@]12CN(CC(F)(F)F)S(=O)(=O)N2. The van der Waals surface area contributed by atoms with Gasteiger partial charge in [0.2, 0.25) is 0 Å². The predicted octanol–water partition coefficient (Wildman–Crippen LogP) is 3.23. The largest absolute Gasteiger partial charge is 0.463 e. The van der Waals surface area contributed by atoms with Crippen molar-refractivity contribution in [2.45, 2.75) is 51.2 Å². The Morgan fingerprint density at radius 2 is 1.91 bits per heavy atom. The number of hydrogen-bond acceptors (Lipinski definition) is 4. The molecule has 1 aromatic rings. The zero-order valence-electron chi connectivity index (χ0n) is 18.0. The molecule has 1 aromatic carbocycles. The number of alkyl halides is 3. The summed E-state index contributed by atoms with van der Waals surface area (Å²) in [4.78, 5) is 11.9. The molecule has 1 saturated heterocycles. The molecule has 1 aliphatic heterocycles. The Kier molecular flexibility index (Phi) is 5.92. The van der Waals surface area contributed by atoms with E-state index >= 15 is 0 Å². The molecule has 32 heavy (non-hydrogen) atoms. The number of fused-ring (bicyclic) bond motifs is 1. The van der Waals surface area contributed by atoms with Crippen LogP contribution >= 0.6 is 0 Å². The molecule has 0 unspecified atom stereocenters. The van der Waals surface area contributed by atoms with Crippen molar-refractivity contribution in [2.75, 3.05) is 19.7 Å². The minimum absolute atomic E-state index is 0.0654. The monoisotopic (exact) mass is 472 g/mol. The van der Waals surface area contributed by atoms with Crippen molar-refractivity contribution >= 4 is 22.3 Å². The van der Waals surface area contributed by atoms with Crippen molar-refractivity contribution in [1.82, 2.24) is 9.03 Å². The number of nitrogens with zero attached hydrogens (tertiary/aromatic N) is 1. The summed E-state index contributed by atoms with van der Waals surface area (Å²) in [5.74, 6) is -0.540. The first-order chi connectivity index (χ1) is 14.9. The van der Waals surface area contributed by atoms with Gasteiger partial charge in [-0.05, 0) is 74.1 Å². The number of benzene rings is 1. The second-order valence-corrected chi connectivity index (χ2v) is 10.7. The molecule has 0 radical (unpaired) electrons. The lowest BCUT2D eigenvalue weighted by atomic mass is 9.79. The van der Waals surface area contributed by atoms with Gasteiger partial charge in [0, 0.05) is 12.1 Å². The lowest BCUT2D eigenvalue weighted by molar-refractivity contribution is -0.138. The van der Waals surface area contributed by atoms with Crippen LogP contribution in [0, 0.1) is 11.8 Å². The molecule has 4 rings (SSSR count). The van der Waals surface area contributed by atoms with Crippen LogP contribution in [0.4, 0.5) is 13.2 Å². The lowest BCUT2D eigenvalue weighted by Gasteiger charge is -2.33. The number of rotatable bonds is 4. The van der Waals surface area contributed by atoms with E-state index in [0.29, 0.717) is 29.3 Å². The number of nitrogens with one attached hydrogen (secondary N) is 1. The highest BCUT2D eigenvalue weighted by atomic mass is 32.2. The van der Waals surface area contributed by atoms with Gasteiger partial charge in [-0.25, -0.2) is 4.79 Å². The Morgan fingerprint density at radius 3 is 2.53 bits per heavy atom. The number of esters is 1. The summed E-state index contributed by atoms with van der Waals surface area (Å²) in [6, 6.07) is 5.87. The highest BCUT2D eigenvalue weighted by Gasteiger charge is 2.60. The van der Waals surface area contributed by atoms with E-state index in [1.54, 1.807) is 19.9 Å². The van der Waals surface area contributed by atoms with Crippen molar-refractivity contribution in [1.29, 1.82) is 0 Å². The Hall–Kier alpha value is -1.91. The normalized spacial score (nSPS) is 29.7. The van der Waals surface area contributed by atoms with E-state index < -0.39 is 28.5 Å². The van der Waals surface area contributed by atoms with Gasteiger partial charge in [0.05, 0.1) is 12.1 Å². The topological polar surface area (TPSA) is 75.7 Å². The molecule has 0 aromatic heterocycles. The quantitative estimate of drug-likeness (QED) is 0.539. The van der Waals surface area contributed by atoms with Crippen LogP contribution in [0.2, 0.25) is 0 Å². The summed E-state index contributed by atoms with van der Waals surface area (Å²) >= 11 is 0. The summed E-state index contributed by atoms with van der Waals surface area (Å²) in [6.45, 7) is 2.08. The van der Waals surface area contributed by atoms with Crippen LogP contribution in [0.3, 0.4) is 0 Å². The van der Waals surface area contributed by atoms with Crippen LogP contribution in [0.5, 0.6) is 0 Å². The molecular weight excluding hydrogens is 445 g/mol. The van der Waals surface area contributed by atoms with Gasteiger partial charge < -0.3 is 4.74 Å². The zero-order chi connectivity index (χ0) is 23.3. The van der Waals surface area contributed by atoms with Crippen molar-refractivity contribution in [3.8, 4) is 0 Å². The van der Waals surface area contributed by atoms with Gasteiger partial charge >= 0.3 is 12.1 Å². The molecule has 6 nitrogen and oxygen atoms in total. The molecule has 1 heterocycles.